The minimum Gasteiger partial charge on any atom is -0.478 e. The van der Waals surface area contributed by atoms with Gasteiger partial charge in [-0.3, -0.25) is 14.4 Å². The van der Waals surface area contributed by atoms with E-state index in [1.54, 1.807) is 72.8 Å². The van der Waals surface area contributed by atoms with E-state index in [0.717, 1.165) is 11.8 Å². The van der Waals surface area contributed by atoms with Crippen molar-refractivity contribution in [3.05, 3.63) is 106 Å². The minimum atomic E-state index is -3.89. The molecule has 0 aliphatic carbocycles. The SMILES string of the molecule is CS(=O)(=O)N[C@H](C/C=C/c1ccc(C(=O)O)cc1)C(=O)N1C[C@H](OCc2ccc(Cl)cc2)C[C@H]1C(=O)C[C@@H](CCCCN)C(=O)c1nc2ccccc2o1. The smallest absolute Gasteiger partial charge is 0.335 e. The number of aromatic nitrogens is 1. The summed E-state index contributed by atoms with van der Waals surface area (Å²) in [5.74, 6) is -3.42. The summed E-state index contributed by atoms with van der Waals surface area (Å²) in [5, 5.41) is 9.75. The summed E-state index contributed by atoms with van der Waals surface area (Å²) in [7, 11) is -3.89. The molecule has 0 radical (unpaired) electrons. The zero-order chi connectivity index (χ0) is 38.8. The molecular weight excluding hydrogens is 736 g/mol. The van der Waals surface area contributed by atoms with Crippen LogP contribution in [0, 0.1) is 5.92 Å². The molecular formula is C39H43ClN4O9S. The Morgan fingerprint density at radius 3 is 2.46 bits per heavy atom. The number of carbonyl (C=O) groups excluding carboxylic acids is 3. The highest BCUT2D eigenvalue weighted by Crippen LogP contribution is 2.29. The van der Waals surface area contributed by atoms with E-state index < -0.39 is 51.8 Å². The molecule has 1 saturated heterocycles. The van der Waals surface area contributed by atoms with E-state index >= 15 is 0 Å². The van der Waals surface area contributed by atoms with Gasteiger partial charge in [-0.25, -0.2) is 22.9 Å². The zero-order valence-electron chi connectivity index (χ0n) is 29.7. The summed E-state index contributed by atoms with van der Waals surface area (Å²) < 4.78 is 39.3. The fourth-order valence-electron chi connectivity index (χ4n) is 6.39. The van der Waals surface area contributed by atoms with Gasteiger partial charge in [-0.15, -0.1) is 0 Å². The molecule has 2 heterocycles. The molecule has 54 heavy (non-hydrogen) atoms. The number of aromatic carboxylic acids is 1. The van der Waals surface area contributed by atoms with Gasteiger partial charge in [0.25, 0.3) is 5.89 Å². The van der Waals surface area contributed by atoms with Gasteiger partial charge in [0.2, 0.25) is 21.7 Å². The second kappa shape index (κ2) is 18.5. The summed E-state index contributed by atoms with van der Waals surface area (Å²) in [4.78, 5) is 59.3. The van der Waals surface area contributed by atoms with Crippen LogP contribution in [0.1, 0.15) is 70.7 Å². The number of nitrogens with zero attached hydrogens (tertiary/aromatic N) is 2. The number of likely N-dealkylation sites (tertiary alicyclic amines) is 1. The topological polar surface area (TPSA) is 199 Å². The van der Waals surface area contributed by atoms with Crippen LogP contribution in [0.15, 0.2) is 83.3 Å². The number of ether oxygens (including phenoxy) is 1. The second-order valence-corrected chi connectivity index (χ2v) is 15.5. The average molecular weight is 779 g/mol. The number of carboxylic acids is 1. The Morgan fingerprint density at radius 1 is 1.07 bits per heavy atom. The third kappa shape index (κ3) is 11.1. The molecule has 0 bridgehead atoms. The van der Waals surface area contributed by atoms with Gasteiger partial charge in [-0.05, 0) is 73.3 Å². The third-order valence-corrected chi connectivity index (χ3v) is 10.1. The first-order chi connectivity index (χ1) is 25.8. The number of sulfonamides is 1. The number of Topliss-reactive ketones (excluding diaryl/α,β-unsaturated/α-hetero) is 2. The molecule has 4 N–H and O–H groups in total. The van der Waals surface area contributed by atoms with Crippen LogP contribution in [0.4, 0.5) is 0 Å². The number of hydrogen-bond donors (Lipinski definition) is 3. The quantitative estimate of drug-likeness (QED) is 0.0827. The molecule has 0 spiro atoms. The van der Waals surface area contributed by atoms with E-state index in [9.17, 15) is 32.7 Å². The van der Waals surface area contributed by atoms with Crippen molar-refractivity contribution in [2.75, 3.05) is 19.3 Å². The number of carbonyl (C=O) groups is 4. The van der Waals surface area contributed by atoms with Crippen molar-refractivity contribution in [3.63, 3.8) is 0 Å². The number of rotatable bonds is 19. The number of nitrogens with one attached hydrogen (secondary N) is 1. The standard InChI is InChI=1S/C39H43ClN4O9S/c1-54(50,51)43-32(10-6-7-25-12-16-27(17-13-25)39(48)49)38(47)44-23-30(52-24-26-14-18-29(40)19-15-26)22-33(44)34(45)21-28(8-4-5-20-41)36(46)37-42-31-9-2-3-11-35(31)53-37/h2-3,6-7,9,11-19,28,30,32-33,43H,4-5,8,10,20-24,41H2,1H3,(H,48,49)/b7-6+/t28-,30-,32-,33+/m1/s1. The van der Waals surface area contributed by atoms with Crippen LogP contribution in [0.5, 0.6) is 0 Å². The number of amides is 1. The molecule has 4 aromatic rings. The van der Waals surface area contributed by atoms with Gasteiger partial charge in [0.1, 0.15) is 11.6 Å². The molecule has 15 heteroatoms. The van der Waals surface area contributed by atoms with Gasteiger partial charge in [0.15, 0.2) is 11.4 Å². The highest BCUT2D eigenvalue weighted by molar-refractivity contribution is 7.88. The van der Waals surface area contributed by atoms with Crippen LogP contribution in [-0.2, 0) is 31.0 Å². The lowest BCUT2D eigenvalue weighted by atomic mass is 9.89. The first-order valence-electron chi connectivity index (χ1n) is 17.6. The van der Waals surface area contributed by atoms with Gasteiger partial charge in [0.05, 0.1) is 30.6 Å². The Morgan fingerprint density at radius 2 is 1.80 bits per heavy atom. The van der Waals surface area contributed by atoms with Crippen LogP contribution < -0.4 is 10.5 Å². The number of hydrogen-bond acceptors (Lipinski definition) is 10. The lowest BCUT2D eigenvalue weighted by Crippen LogP contribution is -2.51. The predicted octanol–water partition coefficient (Wildman–Crippen LogP) is 5.27. The number of para-hydroxylation sites is 2. The number of oxazole rings is 1. The minimum absolute atomic E-state index is 0.00204. The number of halogens is 1. The lowest BCUT2D eigenvalue weighted by Gasteiger charge is -2.28. The number of benzene rings is 3. The third-order valence-electron chi connectivity index (χ3n) is 9.14. The Labute approximate surface area is 318 Å². The molecule has 5 rings (SSSR count). The Kier molecular flexibility index (Phi) is 13.9. The molecule has 3 aromatic carbocycles. The van der Waals surface area contributed by atoms with Gasteiger partial charge in [0, 0.05) is 30.3 Å². The van der Waals surface area contributed by atoms with E-state index in [4.69, 9.17) is 26.5 Å². The van der Waals surface area contributed by atoms with Gasteiger partial charge < -0.3 is 24.9 Å². The van der Waals surface area contributed by atoms with Gasteiger partial charge in [-0.1, -0.05) is 66.6 Å². The molecule has 0 unspecified atom stereocenters. The van der Waals surface area contributed by atoms with Crippen molar-refractivity contribution in [1.82, 2.24) is 14.6 Å². The number of fused-ring (bicyclic) bond motifs is 1. The molecule has 1 aliphatic rings. The van der Waals surface area contributed by atoms with Crippen molar-refractivity contribution < 1.29 is 41.9 Å². The van der Waals surface area contributed by atoms with Gasteiger partial charge in [-0.2, -0.15) is 0 Å². The van der Waals surface area contributed by atoms with E-state index in [-0.39, 0.29) is 49.7 Å². The maximum Gasteiger partial charge on any atom is 0.335 e. The number of ketones is 2. The number of carboxylic acid groups (broad SMARTS) is 1. The number of nitrogens with two attached hydrogens (primary N) is 1. The molecule has 286 valence electrons. The van der Waals surface area contributed by atoms with E-state index in [2.05, 4.69) is 9.71 Å². The van der Waals surface area contributed by atoms with E-state index in [0.29, 0.717) is 47.5 Å². The maximum atomic E-state index is 14.3. The lowest BCUT2D eigenvalue weighted by molar-refractivity contribution is -0.139. The predicted molar refractivity (Wildman–Crippen MR) is 203 cm³/mol. The van der Waals surface area contributed by atoms with E-state index in [1.165, 1.54) is 17.0 Å². The highest BCUT2D eigenvalue weighted by Gasteiger charge is 2.43. The summed E-state index contributed by atoms with van der Waals surface area (Å²) >= 11 is 6.04. The molecule has 1 aromatic heterocycles. The van der Waals surface area contributed by atoms with Gasteiger partial charge >= 0.3 is 5.97 Å². The highest BCUT2D eigenvalue weighted by atomic mass is 35.5. The largest absolute Gasteiger partial charge is 0.478 e. The van der Waals surface area contributed by atoms with Crippen molar-refractivity contribution in [3.8, 4) is 0 Å². The summed E-state index contributed by atoms with van der Waals surface area (Å²) in [5.41, 5.74) is 8.26. The Hall–Kier alpha value is -4.73. The molecule has 1 aliphatic heterocycles. The van der Waals surface area contributed by atoms with Crippen LogP contribution in [0.3, 0.4) is 0 Å². The average Bonchev–Trinajstić information content (AvgIpc) is 3.78. The summed E-state index contributed by atoms with van der Waals surface area (Å²) in [6, 6.07) is 17.8. The first-order valence-corrected chi connectivity index (χ1v) is 19.8. The molecule has 1 fully saturated rings. The van der Waals surface area contributed by atoms with E-state index in [1.807, 2.05) is 0 Å². The molecule has 4 atom stereocenters. The van der Waals surface area contributed by atoms with Crippen molar-refractivity contribution in [1.29, 1.82) is 0 Å². The maximum absolute atomic E-state index is 14.3. The second-order valence-electron chi connectivity index (χ2n) is 13.3. The monoisotopic (exact) mass is 778 g/mol. The summed E-state index contributed by atoms with van der Waals surface area (Å²) in [6.07, 6.45) is 5.00. The Balaban J connectivity index is 1.39. The molecule has 1 amide bonds. The molecule has 0 saturated carbocycles. The van der Waals surface area contributed by atoms with Crippen LogP contribution in [0.25, 0.3) is 17.2 Å². The van der Waals surface area contributed by atoms with Crippen molar-refractivity contribution in [2.24, 2.45) is 11.7 Å². The Bertz CT molecular complexity index is 2050. The van der Waals surface area contributed by atoms with Crippen LogP contribution >= 0.6 is 11.6 Å². The first kappa shape index (κ1) is 40.5. The molecule has 13 nitrogen and oxygen atoms in total. The van der Waals surface area contributed by atoms with Crippen molar-refractivity contribution in [2.45, 2.75) is 63.3 Å². The normalized spacial score (nSPS) is 17.2. The van der Waals surface area contributed by atoms with Crippen LogP contribution in [-0.4, -0.2) is 84.4 Å². The van der Waals surface area contributed by atoms with Crippen molar-refractivity contribution >= 4 is 62.2 Å². The fraction of sp³-hybridized carbons (Fsp3) is 0.359. The van der Waals surface area contributed by atoms with Crippen LogP contribution in [0.2, 0.25) is 5.02 Å². The zero-order valence-corrected chi connectivity index (χ0v) is 31.3. The summed E-state index contributed by atoms with van der Waals surface area (Å²) in [6.45, 7) is 0.589. The fourth-order valence-corrected chi connectivity index (χ4v) is 7.23. The number of unbranched alkanes of at least 4 members (excludes halogenated alkanes) is 1.